The van der Waals surface area contributed by atoms with Crippen LogP contribution in [0.5, 0.6) is 0 Å². The number of hydrogen-bond acceptors (Lipinski definition) is 4. The third kappa shape index (κ3) is 8.74. The quantitative estimate of drug-likeness (QED) is 0.474. The molecule has 0 radical (unpaired) electrons. The fraction of sp³-hybridized carbons (Fsp3) is 0.857. The lowest BCUT2D eigenvalue weighted by Crippen LogP contribution is -2.49. The van der Waals surface area contributed by atoms with Crippen LogP contribution >= 0.6 is 0 Å². The minimum absolute atomic E-state index is 0.0226. The van der Waals surface area contributed by atoms with E-state index in [-0.39, 0.29) is 11.9 Å². The average molecular weight is 288 g/mol. The van der Waals surface area contributed by atoms with Crippen molar-refractivity contribution >= 4 is 12.0 Å². The van der Waals surface area contributed by atoms with Crippen molar-refractivity contribution in [2.24, 2.45) is 5.92 Å². The summed E-state index contributed by atoms with van der Waals surface area (Å²) >= 11 is 0. The first-order chi connectivity index (χ1) is 9.52. The van der Waals surface area contributed by atoms with Crippen molar-refractivity contribution in [3.63, 3.8) is 0 Å². The third-order valence-corrected chi connectivity index (χ3v) is 2.80. The number of hydrogen-bond donors (Lipinski definition) is 2. The summed E-state index contributed by atoms with van der Waals surface area (Å²) in [7, 11) is 1.31. The Bertz CT molecular complexity index is 282. The molecule has 0 saturated carbocycles. The van der Waals surface area contributed by atoms with Crippen LogP contribution in [0.25, 0.3) is 0 Å². The first-order valence-electron chi connectivity index (χ1n) is 7.22. The Morgan fingerprint density at radius 3 is 2.35 bits per heavy atom. The van der Waals surface area contributed by atoms with Gasteiger partial charge in [0.15, 0.2) is 0 Å². The van der Waals surface area contributed by atoms with E-state index in [9.17, 15) is 9.59 Å². The summed E-state index contributed by atoms with van der Waals surface area (Å²) in [5, 5.41) is 5.31. The van der Waals surface area contributed by atoms with Gasteiger partial charge in [-0.3, -0.25) is 0 Å². The second-order valence-electron chi connectivity index (χ2n) is 4.96. The number of unbranched alkanes of at least 4 members (excludes halogenated alkanes) is 1. The zero-order valence-electron chi connectivity index (χ0n) is 13.0. The number of urea groups is 1. The molecule has 6 heteroatoms. The number of ether oxygens (including phenoxy) is 2. The summed E-state index contributed by atoms with van der Waals surface area (Å²) in [6.45, 7) is 7.73. The number of carbonyl (C=O) groups excluding carboxylic acids is 2. The number of methoxy groups -OCH3 is 1. The van der Waals surface area contributed by atoms with Crippen molar-refractivity contribution in [1.82, 2.24) is 10.6 Å². The molecule has 0 spiro atoms. The van der Waals surface area contributed by atoms with Crippen LogP contribution < -0.4 is 10.6 Å². The van der Waals surface area contributed by atoms with Gasteiger partial charge in [-0.15, -0.1) is 0 Å². The first kappa shape index (κ1) is 18.7. The van der Waals surface area contributed by atoms with Gasteiger partial charge in [-0.25, -0.2) is 9.59 Å². The Kier molecular flexibility index (Phi) is 10.8. The standard InChI is InChI=1S/C14H28N2O4/c1-5-6-9-20-10-7-8-15-14(18)16-12(11(2)3)13(17)19-4/h11-12H,5-10H2,1-4H3,(H2,15,16,18)/t12-/m1/s1. The van der Waals surface area contributed by atoms with E-state index in [0.29, 0.717) is 13.2 Å². The Morgan fingerprint density at radius 1 is 1.15 bits per heavy atom. The minimum atomic E-state index is -0.624. The van der Waals surface area contributed by atoms with Gasteiger partial charge in [-0.1, -0.05) is 27.2 Å². The Labute approximate surface area is 121 Å². The molecule has 1 atom stereocenters. The minimum Gasteiger partial charge on any atom is -0.467 e. The highest BCUT2D eigenvalue weighted by atomic mass is 16.5. The van der Waals surface area contributed by atoms with Gasteiger partial charge in [0.1, 0.15) is 6.04 Å². The second-order valence-corrected chi connectivity index (χ2v) is 4.96. The summed E-state index contributed by atoms with van der Waals surface area (Å²) in [4.78, 5) is 23.1. The number of amides is 2. The Morgan fingerprint density at radius 2 is 1.80 bits per heavy atom. The van der Waals surface area contributed by atoms with Gasteiger partial charge in [0.05, 0.1) is 7.11 Å². The van der Waals surface area contributed by atoms with Gasteiger partial charge in [-0.05, 0) is 18.8 Å². The van der Waals surface area contributed by atoms with Crippen LogP contribution in [0.4, 0.5) is 4.79 Å². The van der Waals surface area contributed by atoms with E-state index in [1.165, 1.54) is 7.11 Å². The summed E-state index contributed by atoms with van der Waals surface area (Å²) < 4.78 is 10.0. The van der Waals surface area contributed by atoms with Crippen LogP contribution in [0, 0.1) is 5.92 Å². The monoisotopic (exact) mass is 288 g/mol. The number of nitrogens with one attached hydrogen (secondary N) is 2. The van der Waals surface area contributed by atoms with Crippen molar-refractivity contribution in [2.75, 3.05) is 26.9 Å². The number of rotatable bonds is 10. The lowest BCUT2D eigenvalue weighted by Gasteiger charge is -2.20. The molecule has 6 nitrogen and oxygen atoms in total. The smallest absolute Gasteiger partial charge is 0.328 e. The summed E-state index contributed by atoms with van der Waals surface area (Å²) in [6, 6.07) is -0.983. The highest BCUT2D eigenvalue weighted by Gasteiger charge is 2.24. The summed E-state index contributed by atoms with van der Waals surface area (Å²) in [5.41, 5.74) is 0. The lowest BCUT2D eigenvalue weighted by molar-refractivity contribution is -0.143. The highest BCUT2D eigenvalue weighted by Crippen LogP contribution is 2.03. The molecule has 0 aromatic carbocycles. The molecule has 118 valence electrons. The molecule has 0 saturated heterocycles. The maximum Gasteiger partial charge on any atom is 0.328 e. The molecule has 2 amide bonds. The van der Waals surface area contributed by atoms with Crippen molar-refractivity contribution in [1.29, 1.82) is 0 Å². The Balaban J connectivity index is 3.78. The van der Waals surface area contributed by atoms with E-state index in [0.717, 1.165) is 25.9 Å². The van der Waals surface area contributed by atoms with Gasteiger partial charge < -0.3 is 20.1 Å². The SMILES string of the molecule is CCCCOCCCNC(=O)N[C@@H](C(=O)OC)C(C)C. The van der Waals surface area contributed by atoms with E-state index in [2.05, 4.69) is 22.3 Å². The highest BCUT2D eigenvalue weighted by molar-refractivity contribution is 5.83. The van der Waals surface area contributed by atoms with Crippen LogP contribution in [-0.2, 0) is 14.3 Å². The van der Waals surface area contributed by atoms with Gasteiger partial charge in [-0.2, -0.15) is 0 Å². The van der Waals surface area contributed by atoms with Crippen molar-refractivity contribution in [2.45, 2.75) is 46.1 Å². The van der Waals surface area contributed by atoms with Gasteiger partial charge >= 0.3 is 12.0 Å². The van der Waals surface area contributed by atoms with Crippen LogP contribution in [0.1, 0.15) is 40.0 Å². The zero-order chi connectivity index (χ0) is 15.4. The Hall–Kier alpha value is -1.30. The molecular formula is C14H28N2O4. The van der Waals surface area contributed by atoms with Crippen LogP contribution in [0.3, 0.4) is 0 Å². The predicted octanol–water partition coefficient (Wildman–Crippen LogP) is 1.69. The van der Waals surface area contributed by atoms with Crippen LogP contribution in [0.15, 0.2) is 0 Å². The third-order valence-electron chi connectivity index (χ3n) is 2.80. The second kappa shape index (κ2) is 11.5. The molecule has 0 aliphatic rings. The fourth-order valence-electron chi connectivity index (χ4n) is 1.54. The van der Waals surface area contributed by atoms with E-state index in [1.807, 2.05) is 13.8 Å². The normalized spacial score (nSPS) is 12.1. The molecule has 0 aliphatic heterocycles. The van der Waals surface area contributed by atoms with Crippen LogP contribution in [-0.4, -0.2) is 44.9 Å². The van der Waals surface area contributed by atoms with Gasteiger partial charge in [0.2, 0.25) is 0 Å². The van der Waals surface area contributed by atoms with Gasteiger partial charge in [0, 0.05) is 19.8 Å². The molecule has 0 unspecified atom stereocenters. The van der Waals surface area contributed by atoms with Crippen molar-refractivity contribution in [3.05, 3.63) is 0 Å². The molecule has 0 heterocycles. The summed E-state index contributed by atoms with van der Waals surface area (Å²) in [5.74, 6) is -0.455. The molecule has 20 heavy (non-hydrogen) atoms. The zero-order valence-corrected chi connectivity index (χ0v) is 13.0. The topological polar surface area (TPSA) is 76.7 Å². The predicted molar refractivity (Wildman–Crippen MR) is 77.5 cm³/mol. The molecular weight excluding hydrogens is 260 g/mol. The van der Waals surface area contributed by atoms with E-state index in [1.54, 1.807) is 0 Å². The van der Waals surface area contributed by atoms with Crippen molar-refractivity contribution < 1.29 is 19.1 Å². The van der Waals surface area contributed by atoms with E-state index >= 15 is 0 Å². The maximum atomic E-state index is 11.6. The molecule has 0 aromatic rings. The molecule has 0 bridgehead atoms. The fourth-order valence-corrected chi connectivity index (χ4v) is 1.54. The maximum absolute atomic E-state index is 11.6. The summed E-state index contributed by atoms with van der Waals surface area (Å²) in [6.07, 6.45) is 2.93. The van der Waals surface area contributed by atoms with Crippen molar-refractivity contribution in [3.8, 4) is 0 Å². The molecule has 2 N–H and O–H groups in total. The lowest BCUT2D eigenvalue weighted by atomic mass is 10.1. The molecule has 0 fully saturated rings. The number of carbonyl (C=O) groups is 2. The van der Waals surface area contributed by atoms with E-state index < -0.39 is 12.0 Å². The van der Waals surface area contributed by atoms with Crippen LogP contribution in [0.2, 0.25) is 0 Å². The average Bonchev–Trinajstić information content (AvgIpc) is 2.42. The first-order valence-corrected chi connectivity index (χ1v) is 7.22. The van der Waals surface area contributed by atoms with Gasteiger partial charge in [0.25, 0.3) is 0 Å². The number of esters is 1. The molecule has 0 aliphatic carbocycles. The molecule has 0 rings (SSSR count). The largest absolute Gasteiger partial charge is 0.467 e. The molecule has 0 aromatic heterocycles. The van der Waals surface area contributed by atoms with E-state index in [4.69, 9.17) is 4.74 Å².